The molecule has 0 amide bonds. The zero-order valence-corrected chi connectivity index (χ0v) is 5.55. The normalized spacial score (nSPS) is 9.56. The topological polar surface area (TPSA) is 33.1 Å². The molecule has 1 rings (SSSR count). The molecular weight excluding hydrogens is 114 g/mol. The van der Waals surface area contributed by atoms with E-state index in [9.17, 15) is 0 Å². The summed E-state index contributed by atoms with van der Waals surface area (Å²) in [6.07, 6.45) is 1.73. The van der Waals surface area contributed by atoms with E-state index in [2.05, 4.69) is 4.98 Å². The van der Waals surface area contributed by atoms with Crippen LogP contribution >= 0.6 is 0 Å². The molecule has 1 aromatic rings. The summed E-state index contributed by atoms with van der Waals surface area (Å²) in [6.45, 7) is 3.67. The lowest BCUT2D eigenvalue weighted by atomic mass is 10.3. The van der Waals surface area contributed by atoms with Crippen molar-refractivity contribution in [2.75, 3.05) is 0 Å². The van der Waals surface area contributed by atoms with Crippen molar-refractivity contribution in [3.63, 3.8) is 0 Å². The standard InChI is InChI=1S/C7H9NO/c1-5-3-7(9)6(2)8-4-5/h3-4,9H,1-2H3. The Bertz CT molecular complexity index is 220. The number of rotatable bonds is 0. The van der Waals surface area contributed by atoms with Gasteiger partial charge in [-0.15, -0.1) is 0 Å². The van der Waals surface area contributed by atoms with Gasteiger partial charge >= 0.3 is 0 Å². The molecule has 48 valence electrons. The average molecular weight is 123 g/mol. The van der Waals surface area contributed by atoms with Gasteiger partial charge in [-0.1, -0.05) is 0 Å². The Morgan fingerprint density at radius 2 is 2.11 bits per heavy atom. The van der Waals surface area contributed by atoms with Gasteiger partial charge in [0.1, 0.15) is 5.75 Å². The van der Waals surface area contributed by atoms with Crippen molar-refractivity contribution in [1.29, 1.82) is 0 Å². The van der Waals surface area contributed by atoms with Crippen LogP contribution in [0.1, 0.15) is 11.3 Å². The van der Waals surface area contributed by atoms with Crippen LogP contribution in [0.25, 0.3) is 0 Å². The second-order valence-corrected chi connectivity index (χ2v) is 2.12. The van der Waals surface area contributed by atoms with E-state index >= 15 is 0 Å². The molecule has 9 heavy (non-hydrogen) atoms. The molecule has 0 saturated heterocycles. The van der Waals surface area contributed by atoms with Gasteiger partial charge in [0.05, 0.1) is 5.69 Å². The van der Waals surface area contributed by atoms with Gasteiger partial charge in [0.2, 0.25) is 0 Å². The highest BCUT2D eigenvalue weighted by Crippen LogP contribution is 2.12. The van der Waals surface area contributed by atoms with Crippen molar-refractivity contribution in [2.45, 2.75) is 13.8 Å². The third kappa shape index (κ3) is 1.19. The molecule has 1 aromatic heterocycles. The van der Waals surface area contributed by atoms with E-state index < -0.39 is 0 Å². The summed E-state index contributed by atoms with van der Waals surface area (Å²) in [4.78, 5) is 3.93. The monoisotopic (exact) mass is 123 g/mol. The maximum atomic E-state index is 9.04. The summed E-state index contributed by atoms with van der Waals surface area (Å²) in [5, 5.41) is 9.04. The minimum absolute atomic E-state index is 0.273. The van der Waals surface area contributed by atoms with Crippen LogP contribution in [0.3, 0.4) is 0 Å². The minimum Gasteiger partial charge on any atom is -0.506 e. The molecule has 0 aliphatic rings. The maximum Gasteiger partial charge on any atom is 0.137 e. The number of aromatic nitrogens is 1. The highest BCUT2D eigenvalue weighted by molar-refractivity contribution is 5.27. The predicted octanol–water partition coefficient (Wildman–Crippen LogP) is 1.40. The number of aromatic hydroxyl groups is 1. The van der Waals surface area contributed by atoms with Crippen LogP contribution in [0.15, 0.2) is 12.3 Å². The van der Waals surface area contributed by atoms with E-state index in [1.807, 2.05) is 6.92 Å². The minimum atomic E-state index is 0.273. The van der Waals surface area contributed by atoms with E-state index in [0.29, 0.717) is 5.69 Å². The fraction of sp³-hybridized carbons (Fsp3) is 0.286. The quantitative estimate of drug-likeness (QED) is 0.565. The summed E-state index contributed by atoms with van der Waals surface area (Å²) in [5.74, 6) is 0.273. The molecule has 0 aliphatic heterocycles. The van der Waals surface area contributed by atoms with Crippen molar-refractivity contribution < 1.29 is 5.11 Å². The van der Waals surface area contributed by atoms with E-state index in [-0.39, 0.29) is 5.75 Å². The SMILES string of the molecule is Cc1cnc(C)c(O)c1. The van der Waals surface area contributed by atoms with Crippen molar-refractivity contribution in [3.8, 4) is 5.75 Å². The van der Waals surface area contributed by atoms with Crippen molar-refractivity contribution in [2.24, 2.45) is 0 Å². The fourth-order valence-corrected chi connectivity index (χ4v) is 0.622. The Morgan fingerprint density at radius 1 is 1.44 bits per heavy atom. The number of nitrogens with zero attached hydrogens (tertiary/aromatic N) is 1. The summed E-state index contributed by atoms with van der Waals surface area (Å²) in [5.41, 5.74) is 1.67. The van der Waals surface area contributed by atoms with Gasteiger partial charge in [-0.05, 0) is 25.5 Å². The van der Waals surface area contributed by atoms with Crippen LogP contribution in [0, 0.1) is 13.8 Å². The van der Waals surface area contributed by atoms with E-state index in [4.69, 9.17) is 5.11 Å². The second-order valence-electron chi connectivity index (χ2n) is 2.12. The fourth-order valence-electron chi connectivity index (χ4n) is 0.622. The molecule has 0 spiro atoms. The molecule has 0 saturated carbocycles. The molecule has 0 radical (unpaired) electrons. The Labute approximate surface area is 54.2 Å². The first-order valence-electron chi connectivity index (χ1n) is 2.82. The van der Waals surface area contributed by atoms with Gasteiger partial charge in [0, 0.05) is 6.20 Å². The van der Waals surface area contributed by atoms with Crippen molar-refractivity contribution in [1.82, 2.24) is 4.98 Å². The lowest BCUT2D eigenvalue weighted by Gasteiger charge is -1.96. The molecule has 1 heterocycles. The van der Waals surface area contributed by atoms with Gasteiger partial charge in [0.15, 0.2) is 0 Å². The molecule has 0 bridgehead atoms. The smallest absolute Gasteiger partial charge is 0.137 e. The van der Waals surface area contributed by atoms with Gasteiger partial charge in [0.25, 0.3) is 0 Å². The zero-order valence-electron chi connectivity index (χ0n) is 5.55. The Balaban J connectivity index is 3.17. The van der Waals surface area contributed by atoms with Crippen LogP contribution in [0.5, 0.6) is 5.75 Å². The highest BCUT2D eigenvalue weighted by Gasteiger charge is 1.93. The molecule has 0 atom stereocenters. The number of pyridine rings is 1. The first kappa shape index (κ1) is 6.08. The van der Waals surface area contributed by atoms with Gasteiger partial charge in [-0.3, -0.25) is 4.98 Å². The zero-order chi connectivity index (χ0) is 6.85. The molecule has 0 aromatic carbocycles. The molecule has 0 fully saturated rings. The molecule has 0 unspecified atom stereocenters. The third-order valence-electron chi connectivity index (χ3n) is 1.20. The molecule has 1 N–H and O–H groups in total. The van der Waals surface area contributed by atoms with Crippen LogP contribution < -0.4 is 0 Å². The number of hydrogen-bond acceptors (Lipinski definition) is 2. The lowest BCUT2D eigenvalue weighted by molar-refractivity contribution is 0.467. The molecule has 2 nitrogen and oxygen atoms in total. The largest absolute Gasteiger partial charge is 0.506 e. The summed E-state index contributed by atoms with van der Waals surface area (Å²) in [7, 11) is 0. The first-order chi connectivity index (χ1) is 4.20. The molecule has 0 aliphatic carbocycles. The van der Waals surface area contributed by atoms with Crippen molar-refractivity contribution >= 4 is 0 Å². The predicted molar refractivity (Wildman–Crippen MR) is 35.4 cm³/mol. The van der Waals surface area contributed by atoms with E-state index in [1.165, 1.54) is 0 Å². The Morgan fingerprint density at radius 3 is 2.56 bits per heavy atom. The van der Waals surface area contributed by atoms with Crippen LogP contribution in [0.4, 0.5) is 0 Å². The third-order valence-corrected chi connectivity index (χ3v) is 1.20. The summed E-state index contributed by atoms with van der Waals surface area (Å²) in [6, 6.07) is 1.70. The van der Waals surface area contributed by atoms with Crippen LogP contribution in [0.2, 0.25) is 0 Å². The van der Waals surface area contributed by atoms with E-state index in [0.717, 1.165) is 5.56 Å². The van der Waals surface area contributed by atoms with Gasteiger partial charge in [-0.2, -0.15) is 0 Å². The van der Waals surface area contributed by atoms with Crippen LogP contribution in [-0.4, -0.2) is 10.1 Å². The van der Waals surface area contributed by atoms with Gasteiger partial charge < -0.3 is 5.11 Å². The van der Waals surface area contributed by atoms with E-state index in [1.54, 1.807) is 19.2 Å². The van der Waals surface area contributed by atoms with Gasteiger partial charge in [-0.25, -0.2) is 0 Å². The first-order valence-corrected chi connectivity index (χ1v) is 2.82. The highest BCUT2D eigenvalue weighted by atomic mass is 16.3. The summed E-state index contributed by atoms with van der Waals surface area (Å²) < 4.78 is 0. The van der Waals surface area contributed by atoms with Crippen LogP contribution in [-0.2, 0) is 0 Å². The summed E-state index contributed by atoms with van der Waals surface area (Å²) >= 11 is 0. The lowest BCUT2D eigenvalue weighted by Crippen LogP contribution is -1.81. The number of hydrogen-bond donors (Lipinski definition) is 1. The maximum absolute atomic E-state index is 9.04. The molecular formula is C7H9NO. The Kier molecular flexibility index (Phi) is 1.39. The number of aryl methyl sites for hydroxylation is 2. The Hall–Kier alpha value is -1.05. The van der Waals surface area contributed by atoms with Crippen molar-refractivity contribution in [3.05, 3.63) is 23.5 Å². The average Bonchev–Trinajstić information content (AvgIpc) is 1.80. The second kappa shape index (κ2) is 2.05. The molecule has 2 heteroatoms.